The first kappa shape index (κ1) is 14.2. The third-order valence-corrected chi connectivity index (χ3v) is 2.76. The van der Waals surface area contributed by atoms with Crippen molar-refractivity contribution in [3.63, 3.8) is 0 Å². The molecule has 2 heteroatoms. The van der Waals surface area contributed by atoms with E-state index in [9.17, 15) is 0 Å². The molecule has 0 saturated carbocycles. The summed E-state index contributed by atoms with van der Waals surface area (Å²) in [5.41, 5.74) is 1.27. The Morgan fingerprint density at radius 1 is 0.941 bits per heavy atom. The third-order valence-electron chi connectivity index (χ3n) is 2.76. The minimum atomic E-state index is -0.445. The predicted octanol–water partition coefficient (Wildman–Crippen LogP) is 3.80. The molecule has 0 amide bonds. The summed E-state index contributed by atoms with van der Waals surface area (Å²) in [7, 11) is 0. The first-order chi connectivity index (χ1) is 8.26. The predicted molar refractivity (Wildman–Crippen MR) is 71.0 cm³/mol. The monoisotopic (exact) mass is 236 g/mol. The van der Waals surface area contributed by atoms with E-state index in [1.807, 2.05) is 19.9 Å². The van der Waals surface area contributed by atoms with Crippen molar-refractivity contribution >= 4 is 0 Å². The molecule has 1 aromatic rings. The van der Waals surface area contributed by atoms with Crippen molar-refractivity contribution in [2.75, 3.05) is 13.2 Å². The summed E-state index contributed by atoms with van der Waals surface area (Å²) in [6, 6.07) is 10.4. The first-order valence-corrected chi connectivity index (χ1v) is 6.58. The SMILES string of the molecule is CCCC(Cc1ccccc1)(OCC)OCC. The minimum Gasteiger partial charge on any atom is -0.350 e. The van der Waals surface area contributed by atoms with E-state index >= 15 is 0 Å². The smallest absolute Gasteiger partial charge is 0.172 e. The van der Waals surface area contributed by atoms with Crippen LogP contribution in [-0.4, -0.2) is 19.0 Å². The van der Waals surface area contributed by atoms with Gasteiger partial charge in [0.15, 0.2) is 5.79 Å². The molecule has 0 radical (unpaired) electrons. The second kappa shape index (κ2) is 7.46. The van der Waals surface area contributed by atoms with Gasteiger partial charge in [-0.1, -0.05) is 43.7 Å². The van der Waals surface area contributed by atoms with Crippen molar-refractivity contribution < 1.29 is 9.47 Å². The van der Waals surface area contributed by atoms with Gasteiger partial charge in [0.2, 0.25) is 0 Å². The molecule has 0 spiro atoms. The second-order valence-electron chi connectivity index (χ2n) is 4.19. The van der Waals surface area contributed by atoms with Crippen molar-refractivity contribution in [3.8, 4) is 0 Å². The van der Waals surface area contributed by atoms with Crippen LogP contribution in [0.4, 0.5) is 0 Å². The Labute approximate surface area is 105 Å². The minimum absolute atomic E-state index is 0.445. The van der Waals surface area contributed by atoms with Crippen LogP contribution in [0, 0.1) is 0 Å². The van der Waals surface area contributed by atoms with Crippen LogP contribution < -0.4 is 0 Å². The molecule has 0 aliphatic heterocycles. The maximum absolute atomic E-state index is 5.89. The zero-order valence-electron chi connectivity index (χ0n) is 11.2. The highest BCUT2D eigenvalue weighted by atomic mass is 16.7. The number of hydrogen-bond acceptors (Lipinski definition) is 2. The van der Waals surface area contributed by atoms with Gasteiger partial charge in [0, 0.05) is 26.1 Å². The summed E-state index contributed by atoms with van der Waals surface area (Å²) in [6.07, 6.45) is 2.82. The Morgan fingerprint density at radius 2 is 1.53 bits per heavy atom. The van der Waals surface area contributed by atoms with Crippen LogP contribution in [0.5, 0.6) is 0 Å². The number of ether oxygens (including phenoxy) is 2. The Kier molecular flexibility index (Phi) is 6.23. The lowest BCUT2D eigenvalue weighted by Gasteiger charge is -2.33. The molecular weight excluding hydrogens is 212 g/mol. The molecule has 0 aliphatic carbocycles. The molecule has 1 rings (SSSR count). The van der Waals surface area contributed by atoms with E-state index in [-0.39, 0.29) is 0 Å². The molecular formula is C15H24O2. The Balaban J connectivity index is 2.80. The fraction of sp³-hybridized carbons (Fsp3) is 0.600. The maximum atomic E-state index is 5.89. The van der Waals surface area contributed by atoms with Crippen LogP contribution in [0.2, 0.25) is 0 Å². The van der Waals surface area contributed by atoms with Gasteiger partial charge in [0.1, 0.15) is 0 Å². The molecule has 0 N–H and O–H groups in total. The lowest BCUT2D eigenvalue weighted by molar-refractivity contribution is -0.236. The van der Waals surface area contributed by atoms with E-state index < -0.39 is 5.79 Å². The zero-order valence-corrected chi connectivity index (χ0v) is 11.2. The Bertz CT molecular complexity index is 278. The van der Waals surface area contributed by atoms with Crippen LogP contribution >= 0.6 is 0 Å². The summed E-state index contributed by atoms with van der Waals surface area (Å²) in [6.45, 7) is 7.58. The number of benzene rings is 1. The summed E-state index contributed by atoms with van der Waals surface area (Å²) < 4.78 is 11.8. The van der Waals surface area contributed by atoms with Crippen LogP contribution in [0.15, 0.2) is 30.3 Å². The molecule has 0 heterocycles. The van der Waals surface area contributed by atoms with E-state index in [4.69, 9.17) is 9.47 Å². The van der Waals surface area contributed by atoms with Gasteiger partial charge in [-0.15, -0.1) is 0 Å². The normalized spacial score (nSPS) is 11.7. The van der Waals surface area contributed by atoms with Gasteiger partial charge in [-0.05, 0) is 19.4 Å². The fourth-order valence-electron chi connectivity index (χ4n) is 2.19. The van der Waals surface area contributed by atoms with Crippen molar-refractivity contribution in [2.24, 2.45) is 0 Å². The average Bonchev–Trinajstić information content (AvgIpc) is 2.31. The van der Waals surface area contributed by atoms with Crippen molar-refractivity contribution in [2.45, 2.75) is 45.8 Å². The third kappa shape index (κ3) is 4.49. The van der Waals surface area contributed by atoms with Gasteiger partial charge in [0.25, 0.3) is 0 Å². The molecule has 1 aromatic carbocycles. The van der Waals surface area contributed by atoms with Gasteiger partial charge in [-0.2, -0.15) is 0 Å². The number of rotatable bonds is 8. The van der Waals surface area contributed by atoms with Gasteiger partial charge in [0.05, 0.1) is 0 Å². The topological polar surface area (TPSA) is 18.5 Å². The van der Waals surface area contributed by atoms with Crippen LogP contribution in [0.25, 0.3) is 0 Å². The van der Waals surface area contributed by atoms with Crippen molar-refractivity contribution in [1.82, 2.24) is 0 Å². The maximum Gasteiger partial charge on any atom is 0.172 e. The fourth-order valence-corrected chi connectivity index (χ4v) is 2.19. The van der Waals surface area contributed by atoms with Crippen LogP contribution in [0.1, 0.15) is 39.2 Å². The molecule has 96 valence electrons. The molecule has 2 nitrogen and oxygen atoms in total. The average molecular weight is 236 g/mol. The van der Waals surface area contributed by atoms with Gasteiger partial charge < -0.3 is 9.47 Å². The molecule has 0 fully saturated rings. The first-order valence-electron chi connectivity index (χ1n) is 6.58. The summed E-state index contributed by atoms with van der Waals surface area (Å²) in [4.78, 5) is 0. The molecule has 17 heavy (non-hydrogen) atoms. The van der Waals surface area contributed by atoms with E-state index in [0.29, 0.717) is 13.2 Å². The highest BCUT2D eigenvalue weighted by Crippen LogP contribution is 2.25. The summed E-state index contributed by atoms with van der Waals surface area (Å²) >= 11 is 0. The zero-order chi connectivity index (χ0) is 12.6. The van der Waals surface area contributed by atoms with Gasteiger partial charge in [-0.3, -0.25) is 0 Å². The number of hydrogen-bond donors (Lipinski definition) is 0. The van der Waals surface area contributed by atoms with E-state index in [0.717, 1.165) is 19.3 Å². The van der Waals surface area contributed by atoms with Gasteiger partial charge >= 0.3 is 0 Å². The largest absolute Gasteiger partial charge is 0.350 e. The summed E-state index contributed by atoms with van der Waals surface area (Å²) in [5, 5.41) is 0. The Morgan fingerprint density at radius 3 is 2.00 bits per heavy atom. The highest BCUT2D eigenvalue weighted by Gasteiger charge is 2.30. The van der Waals surface area contributed by atoms with Gasteiger partial charge in [-0.25, -0.2) is 0 Å². The van der Waals surface area contributed by atoms with E-state index in [1.165, 1.54) is 5.56 Å². The standard InChI is InChI=1S/C15H24O2/c1-4-12-15(16-5-2,17-6-3)13-14-10-8-7-9-11-14/h7-11H,4-6,12-13H2,1-3H3. The van der Waals surface area contributed by atoms with Crippen LogP contribution in [-0.2, 0) is 15.9 Å². The van der Waals surface area contributed by atoms with Crippen molar-refractivity contribution in [1.29, 1.82) is 0 Å². The molecule has 0 saturated heterocycles. The van der Waals surface area contributed by atoms with E-state index in [1.54, 1.807) is 0 Å². The molecule has 0 aromatic heterocycles. The molecule has 0 atom stereocenters. The lowest BCUT2D eigenvalue weighted by atomic mass is 10.0. The second-order valence-corrected chi connectivity index (χ2v) is 4.19. The van der Waals surface area contributed by atoms with Crippen molar-refractivity contribution in [3.05, 3.63) is 35.9 Å². The van der Waals surface area contributed by atoms with Crippen LogP contribution in [0.3, 0.4) is 0 Å². The lowest BCUT2D eigenvalue weighted by Crippen LogP contribution is -2.38. The quantitative estimate of drug-likeness (QED) is 0.639. The highest BCUT2D eigenvalue weighted by molar-refractivity contribution is 5.16. The van der Waals surface area contributed by atoms with E-state index in [2.05, 4.69) is 31.2 Å². The molecule has 0 aliphatic rings. The summed E-state index contributed by atoms with van der Waals surface area (Å²) in [5.74, 6) is -0.445. The Hall–Kier alpha value is -0.860. The molecule has 0 bridgehead atoms. The molecule has 0 unspecified atom stereocenters.